The van der Waals surface area contributed by atoms with Crippen LogP contribution in [0.15, 0.2) is 0 Å². The van der Waals surface area contributed by atoms with Crippen LogP contribution in [0.2, 0.25) is 5.15 Å². The van der Waals surface area contributed by atoms with Gasteiger partial charge in [0.25, 0.3) is 0 Å². The molecule has 0 spiro atoms. The van der Waals surface area contributed by atoms with Crippen LogP contribution in [0.1, 0.15) is 29.4 Å². The SMILES string of the molecule is COC(=O)c1sc(NCC2(C)CCN(C)CC2)nc1Cl. The molecule has 1 aromatic rings. The molecule has 20 heavy (non-hydrogen) atoms. The van der Waals surface area contributed by atoms with Gasteiger partial charge in [0.2, 0.25) is 0 Å². The zero-order valence-corrected chi connectivity index (χ0v) is 13.6. The topological polar surface area (TPSA) is 54.5 Å². The van der Waals surface area contributed by atoms with Gasteiger partial charge in [-0.05, 0) is 38.4 Å². The number of carbonyl (C=O) groups excluding carboxylic acids is 1. The summed E-state index contributed by atoms with van der Waals surface area (Å²) in [5.74, 6) is -0.439. The number of piperidine rings is 1. The molecule has 0 saturated carbocycles. The summed E-state index contributed by atoms with van der Waals surface area (Å²) in [6.07, 6.45) is 2.30. The molecule has 0 aliphatic carbocycles. The second kappa shape index (κ2) is 6.28. The molecule has 1 saturated heterocycles. The van der Waals surface area contributed by atoms with E-state index >= 15 is 0 Å². The van der Waals surface area contributed by atoms with Gasteiger partial charge in [0, 0.05) is 6.54 Å². The first kappa shape index (κ1) is 15.5. The zero-order valence-electron chi connectivity index (χ0n) is 12.0. The fourth-order valence-corrected chi connectivity index (χ4v) is 3.32. The minimum Gasteiger partial charge on any atom is -0.465 e. The van der Waals surface area contributed by atoms with Crippen molar-refractivity contribution in [3.05, 3.63) is 10.0 Å². The van der Waals surface area contributed by atoms with Crippen molar-refractivity contribution in [1.82, 2.24) is 9.88 Å². The lowest BCUT2D eigenvalue weighted by Crippen LogP contribution is -2.40. The minimum atomic E-state index is -0.439. The summed E-state index contributed by atoms with van der Waals surface area (Å²) < 4.78 is 4.67. The van der Waals surface area contributed by atoms with E-state index in [1.54, 1.807) is 0 Å². The lowest BCUT2D eigenvalue weighted by Gasteiger charge is -2.37. The van der Waals surface area contributed by atoms with Gasteiger partial charge in [-0.1, -0.05) is 29.9 Å². The maximum absolute atomic E-state index is 11.5. The van der Waals surface area contributed by atoms with Gasteiger partial charge in [-0.2, -0.15) is 0 Å². The summed E-state index contributed by atoms with van der Waals surface area (Å²) in [5.41, 5.74) is 0.260. The van der Waals surface area contributed by atoms with E-state index in [9.17, 15) is 4.79 Å². The first-order valence-corrected chi connectivity index (χ1v) is 7.80. The van der Waals surface area contributed by atoms with E-state index in [4.69, 9.17) is 11.6 Å². The highest BCUT2D eigenvalue weighted by atomic mass is 35.5. The number of hydrogen-bond acceptors (Lipinski definition) is 6. The zero-order chi connectivity index (χ0) is 14.8. The molecular formula is C13H20ClN3O2S. The van der Waals surface area contributed by atoms with Crippen molar-refractivity contribution in [1.29, 1.82) is 0 Å². The largest absolute Gasteiger partial charge is 0.465 e. The summed E-state index contributed by atoms with van der Waals surface area (Å²) in [6.45, 7) is 5.35. The third-order valence-electron chi connectivity index (χ3n) is 3.82. The van der Waals surface area contributed by atoms with Crippen LogP contribution in [0.5, 0.6) is 0 Å². The van der Waals surface area contributed by atoms with Crippen molar-refractivity contribution >= 4 is 34.0 Å². The van der Waals surface area contributed by atoms with Crippen LogP contribution in [0.3, 0.4) is 0 Å². The van der Waals surface area contributed by atoms with Crippen molar-refractivity contribution in [3.8, 4) is 0 Å². The number of esters is 1. The number of nitrogens with one attached hydrogen (secondary N) is 1. The monoisotopic (exact) mass is 317 g/mol. The van der Waals surface area contributed by atoms with Gasteiger partial charge in [0.05, 0.1) is 7.11 Å². The number of hydrogen-bond donors (Lipinski definition) is 1. The molecule has 7 heteroatoms. The summed E-state index contributed by atoms with van der Waals surface area (Å²) in [7, 11) is 3.49. The number of halogens is 1. The molecule has 2 rings (SSSR count). The second-order valence-electron chi connectivity index (χ2n) is 5.60. The fraction of sp³-hybridized carbons (Fsp3) is 0.692. The number of methoxy groups -OCH3 is 1. The predicted molar refractivity (Wildman–Crippen MR) is 81.8 cm³/mol. The Hall–Kier alpha value is -0.850. The van der Waals surface area contributed by atoms with E-state index in [0.717, 1.165) is 32.5 Å². The Morgan fingerprint density at radius 1 is 1.55 bits per heavy atom. The standard InChI is InChI=1S/C13H20ClN3O2S/c1-13(4-6-17(2)7-5-13)8-15-12-16-10(14)9(20-12)11(18)19-3/h4-8H2,1-3H3,(H,15,16). The average Bonchev–Trinajstić information content (AvgIpc) is 2.81. The second-order valence-corrected chi connectivity index (χ2v) is 6.96. The van der Waals surface area contributed by atoms with Crippen LogP contribution >= 0.6 is 22.9 Å². The molecule has 1 N–H and O–H groups in total. The summed E-state index contributed by atoms with van der Waals surface area (Å²) in [5, 5.41) is 4.19. The average molecular weight is 318 g/mol. The molecule has 5 nitrogen and oxygen atoms in total. The highest BCUT2D eigenvalue weighted by Crippen LogP contribution is 2.32. The molecule has 0 atom stereocenters. The van der Waals surface area contributed by atoms with E-state index < -0.39 is 5.97 Å². The normalized spacial score (nSPS) is 18.8. The third kappa shape index (κ3) is 3.62. The molecule has 1 fully saturated rings. The molecule has 0 aromatic carbocycles. The summed E-state index contributed by atoms with van der Waals surface area (Å²) in [4.78, 5) is 18.4. The number of anilines is 1. The molecule has 0 bridgehead atoms. The van der Waals surface area contributed by atoms with Gasteiger partial charge in [-0.25, -0.2) is 9.78 Å². The van der Waals surface area contributed by atoms with E-state index in [1.807, 2.05) is 0 Å². The van der Waals surface area contributed by atoms with Crippen molar-refractivity contribution in [2.75, 3.05) is 39.1 Å². The molecule has 1 aliphatic rings. The van der Waals surface area contributed by atoms with E-state index in [0.29, 0.717) is 10.0 Å². The van der Waals surface area contributed by atoms with E-state index in [2.05, 4.69) is 33.9 Å². The molecule has 1 aromatic heterocycles. The maximum atomic E-state index is 11.5. The highest BCUT2D eigenvalue weighted by Gasteiger charge is 2.29. The van der Waals surface area contributed by atoms with Crippen LogP contribution in [0, 0.1) is 5.41 Å². The molecule has 0 amide bonds. The molecular weight excluding hydrogens is 298 g/mol. The van der Waals surface area contributed by atoms with Gasteiger partial charge in [0.1, 0.15) is 0 Å². The van der Waals surface area contributed by atoms with Gasteiger partial charge in [-0.3, -0.25) is 0 Å². The number of aromatic nitrogens is 1. The number of thiazole rings is 1. The van der Waals surface area contributed by atoms with Gasteiger partial charge < -0.3 is 15.0 Å². The highest BCUT2D eigenvalue weighted by molar-refractivity contribution is 7.18. The lowest BCUT2D eigenvalue weighted by molar-refractivity contribution is 0.0606. The Balaban J connectivity index is 1.96. The fourth-order valence-electron chi connectivity index (χ4n) is 2.22. The predicted octanol–water partition coefficient (Wildman–Crippen LogP) is 2.73. The van der Waals surface area contributed by atoms with Gasteiger partial charge in [0.15, 0.2) is 15.2 Å². The van der Waals surface area contributed by atoms with E-state index in [1.165, 1.54) is 18.4 Å². The van der Waals surface area contributed by atoms with Crippen LogP contribution in [0.4, 0.5) is 5.13 Å². The van der Waals surface area contributed by atoms with Crippen molar-refractivity contribution in [2.24, 2.45) is 5.41 Å². The maximum Gasteiger partial charge on any atom is 0.351 e. The smallest absolute Gasteiger partial charge is 0.351 e. The quantitative estimate of drug-likeness (QED) is 0.865. The number of nitrogens with zero attached hydrogens (tertiary/aromatic N) is 2. The first-order chi connectivity index (χ1) is 9.43. The molecule has 2 heterocycles. The summed E-state index contributed by atoms with van der Waals surface area (Å²) in [6, 6.07) is 0. The number of carbonyl (C=O) groups is 1. The third-order valence-corrected chi connectivity index (χ3v) is 5.20. The first-order valence-electron chi connectivity index (χ1n) is 6.60. The van der Waals surface area contributed by atoms with Crippen LogP contribution in [-0.2, 0) is 4.74 Å². The Kier molecular flexibility index (Phi) is 4.88. The Labute approximate surface area is 128 Å². The summed E-state index contributed by atoms with van der Waals surface area (Å²) >= 11 is 7.19. The van der Waals surface area contributed by atoms with Crippen LogP contribution in [0.25, 0.3) is 0 Å². The number of ether oxygens (including phenoxy) is 1. The number of rotatable bonds is 4. The lowest BCUT2D eigenvalue weighted by atomic mass is 9.80. The number of likely N-dealkylation sites (tertiary alicyclic amines) is 1. The van der Waals surface area contributed by atoms with Gasteiger partial charge >= 0.3 is 5.97 Å². The van der Waals surface area contributed by atoms with Crippen molar-refractivity contribution in [2.45, 2.75) is 19.8 Å². The minimum absolute atomic E-state index is 0.206. The Bertz CT molecular complexity index is 484. The Morgan fingerprint density at radius 2 is 2.20 bits per heavy atom. The van der Waals surface area contributed by atoms with E-state index in [-0.39, 0.29) is 10.6 Å². The Morgan fingerprint density at radius 3 is 2.80 bits per heavy atom. The van der Waals surface area contributed by atoms with Crippen molar-refractivity contribution < 1.29 is 9.53 Å². The molecule has 112 valence electrons. The molecule has 0 radical (unpaired) electrons. The van der Waals surface area contributed by atoms with Crippen molar-refractivity contribution in [3.63, 3.8) is 0 Å². The molecule has 0 unspecified atom stereocenters. The van der Waals surface area contributed by atoms with Gasteiger partial charge in [-0.15, -0.1) is 0 Å². The molecule has 1 aliphatic heterocycles. The van der Waals surface area contributed by atoms with Crippen LogP contribution in [-0.4, -0.2) is 49.6 Å². The van der Waals surface area contributed by atoms with Crippen LogP contribution < -0.4 is 5.32 Å².